The Labute approximate surface area is 160 Å². The molecule has 0 saturated carbocycles. The number of nitrogens with zero attached hydrogens (tertiary/aromatic N) is 2. The van der Waals surface area contributed by atoms with Gasteiger partial charge in [-0.05, 0) is 43.2 Å². The molecule has 0 aliphatic carbocycles. The highest BCUT2D eigenvalue weighted by atomic mass is 16.5. The molecule has 142 valence electrons. The van der Waals surface area contributed by atoms with Crippen LogP contribution in [0, 0.1) is 13.8 Å². The predicted molar refractivity (Wildman–Crippen MR) is 105 cm³/mol. The molecule has 1 saturated heterocycles. The smallest absolute Gasteiger partial charge is 0.254 e. The fourth-order valence-corrected chi connectivity index (χ4v) is 3.33. The summed E-state index contributed by atoms with van der Waals surface area (Å²) in [4.78, 5) is 29.1. The number of amides is 2. The summed E-state index contributed by atoms with van der Waals surface area (Å²) in [5.74, 6) is 0.933. The van der Waals surface area contributed by atoms with Crippen molar-refractivity contribution in [2.24, 2.45) is 0 Å². The zero-order valence-corrected chi connectivity index (χ0v) is 16.2. The number of aryl methyl sites for hydroxylation is 2. The summed E-state index contributed by atoms with van der Waals surface area (Å²) in [6.45, 7) is 6.24. The van der Waals surface area contributed by atoms with Gasteiger partial charge < -0.3 is 14.5 Å². The summed E-state index contributed by atoms with van der Waals surface area (Å²) in [5, 5.41) is 0. The molecule has 1 heterocycles. The molecule has 0 unspecified atom stereocenters. The van der Waals surface area contributed by atoms with Gasteiger partial charge in [-0.25, -0.2) is 0 Å². The van der Waals surface area contributed by atoms with Crippen LogP contribution in [0.15, 0.2) is 42.5 Å². The minimum atomic E-state index is 0.0541. The van der Waals surface area contributed by atoms with E-state index in [0.717, 1.165) is 28.0 Å². The predicted octanol–water partition coefficient (Wildman–Crippen LogP) is 2.84. The summed E-state index contributed by atoms with van der Waals surface area (Å²) in [5.41, 5.74) is 3.79. The van der Waals surface area contributed by atoms with Crippen LogP contribution in [0.25, 0.3) is 0 Å². The van der Waals surface area contributed by atoms with E-state index in [1.807, 2.05) is 66.1 Å². The van der Waals surface area contributed by atoms with Gasteiger partial charge in [0.1, 0.15) is 5.75 Å². The molecule has 27 heavy (non-hydrogen) atoms. The maximum Gasteiger partial charge on any atom is 0.254 e. The van der Waals surface area contributed by atoms with E-state index in [2.05, 4.69) is 0 Å². The molecule has 2 amide bonds. The topological polar surface area (TPSA) is 49.9 Å². The number of hydrogen-bond donors (Lipinski definition) is 0. The van der Waals surface area contributed by atoms with Crippen LogP contribution in [0.5, 0.6) is 5.75 Å². The molecule has 5 nitrogen and oxygen atoms in total. The lowest BCUT2D eigenvalue weighted by Gasteiger charge is -2.35. The molecule has 0 aromatic heterocycles. The molecule has 2 aromatic rings. The van der Waals surface area contributed by atoms with Gasteiger partial charge in [0.05, 0.1) is 13.5 Å². The normalized spacial score (nSPS) is 14.2. The molecule has 1 aliphatic heterocycles. The maximum absolute atomic E-state index is 12.8. The van der Waals surface area contributed by atoms with Crippen LogP contribution in [0.1, 0.15) is 27.0 Å². The molecule has 0 atom stereocenters. The standard InChI is InChI=1S/C22H26N2O3/c1-16-4-5-17(2)20(14-16)22(26)24-12-10-23(11-13-24)21(25)15-18-6-8-19(27-3)9-7-18/h4-9,14H,10-13,15H2,1-3H3. The van der Waals surface area contributed by atoms with Crippen molar-refractivity contribution in [2.75, 3.05) is 33.3 Å². The van der Waals surface area contributed by atoms with Crippen LogP contribution in [-0.4, -0.2) is 54.9 Å². The molecule has 3 rings (SSSR count). The first-order valence-electron chi connectivity index (χ1n) is 9.25. The zero-order valence-electron chi connectivity index (χ0n) is 16.2. The number of carbonyl (C=O) groups is 2. The Hall–Kier alpha value is -2.82. The van der Waals surface area contributed by atoms with Crippen LogP contribution < -0.4 is 4.74 Å². The van der Waals surface area contributed by atoms with E-state index < -0.39 is 0 Å². The lowest BCUT2D eigenvalue weighted by Crippen LogP contribution is -2.51. The van der Waals surface area contributed by atoms with E-state index in [0.29, 0.717) is 32.6 Å². The van der Waals surface area contributed by atoms with E-state index in [-0.39, 0.29) is 11.8 Å². The fraction of sp³-hybridized carbons (Fsp3) is 0.364. The van der Waals surface area contributed by atoms with Gasteiger partial charge in [0.15, 0.2) is 0 Å². The summed E-state index contributed by atoms with van der Waals surface area (Å²) in [6.07, 6.45) is 0.370. The lowest BCUT2D eigenvalue weighted by atomic mass is 10.0. The van der Waals surface area contributed by atoms with Crippen molar-refractivity contribution >= 4 is 11.8 Å². The molecule has 1 aliphatic rings. The van der Waals surface area contributed by atoms with Crippen molar-refractivity contribution < 1.29 is 14.3 Å². The third-order valence-electron chi connectivity index (χ3n) is 5.06. The number of hydrogen-bond acceptors (Lipinski definition) is 3. The van der Waals surface area contributed by atoms with Crippen molar-refractivity contribution in [1.29, 1.82) is 0 Å². The van der Waals surface area contributed by atoms with E-state index in [1.54, 1.807) is 7.11 Å². The number of methoxy groups -OCH3 is 1. The minimum Gasteiger partial charge on any atom is -0.497 e. The lowest BCUT2D eigenvalue weighted by molar-refractivity contribution is -0.131. The van der Waals surface area contributed by atoms with Crippen LogP contribution in [0.2, 0.25) is 0 Å². The van der Waals surface area contributed by atoms with Gasteiger partial charge in [0.25, 0.3) is 5.91 Å². The summed E-state index contributed by atoms with van der Waals surface area (Å²) in [7, 11) is 1.62. The second-order valence-corrected chi connectivity index (χ2v) is 7.02. The van der Waals surface area contributed by atoms with Crippen LogP contribution in [-0.2, 0) is 11.2 Å². The number of carbonyl (C=O) groups excluding carboxylic acids is 2. The number of ether oxygens (including phenoxy) is 1. The van der Waals surface area contributed by atoms with Gasteiger partial charge in [0, 0.05) is 31.7 Å². The van der Waals surface area contributed by atoms with Gasteiger partial charge in [-0.3, -0.25) is 9.59 Å². The first kappa shape index (κ1) is 19.0. The third kappa shape index (κ3) is 4.48. The Bertz CT molecular complexity index is 822. The van der Waals surface area contributed by atoms with Crippen molar-refractivity contribution in [3.63, 3.8) is 0 Å². The molecular formula is C22H26N2O3. The van der Waals surface area contributed by atoms with Crippen LogP contribution in [0.3, 0.4) is 0 Å². The fourth-order valence-electron chi connectivity index (χ4n) is 3.33. The molecule has 1 fully saturated rings. The second kappa shape index (κ2) is 8.25. The summed E-state index contributed by atoms with van der Waals surface area (Å²) < 4.78 is 5.14. The number of benzene rings is 2. The van der Waals surface area contributed by atoms with E-state index >= 15 is 0 Å². The highest BCUT2D eigenvalue weighted by Gasteiger charge is 2.25. The number of piperazine rings is 1. The van der Waals surface area contributed by atoms with E-state index in [9.17, 15) is 9.59 Å². The Balaban J connectivity index is 1.57. The zero-order chi connectivity index (χ0) is 19.4. The van der Waals surface area contributed by atoms with Gasteiger partial charge in [-0.15, -0.1) is 0 Å². The Kier molecular flexibility index (Phi) is 5.79. The maximum atomic E-state index is 12.8. The Morgan fingerprint density at radius 2 is 1.56 bits per heavy atom. The quantitative estimate of drug-likeness (QED) is 0.836. The van der Waals surface area contributed by atoms with Crippen molar-refractivity contribution in [1.82, 2.24) is 9.80 Å². The molecule has 0 radical (unpaired) electrons. The molecule has 0 spiro atoms. The van der Waals surface area contributed by atoms with Gasteiger partial charge in [-0.2, -0.15) is 0 Å². The van der Waals surface area contributed by atoms with Gasteiger partial charge >= 0.3 is 0 Å². The minimum absolute atomic E-state index is 0.0541. The molecule has 0 N–H and O–H groups in total. The van der Waals surface area contributed by atoms with Crippen LogP contribution >= 0.6 is 0 Å². The second-order valence-electron chi connectivity index (χ2n) is 7.02. The first-order valence-corrected chi connectivity index (χ1v) is 9.25. The van der Waals surface area contributed by atoms with E-state index in [1.165, 1.54) is 0 Å². The number of rotatable bonds is 4. The molecule has 0 bridgehead atoms. The van der Waals surface area contributed by atoms with E-state index in [4.69, 9.17) is 4.74 Å². The van der Waals surface area contributed by atoms with Crippen molar-refractivity contribution in [2.45, 2.75) is 20.3 Å². The highest BCUT2D eigenvalue weighted by molar-refractivity contribution is 5.96. The Morgan fingerprint density at radius 1 is 0.926 bits per heavy atom. The van der Waals surface area contributed by atoms with Crippen molar-refractivity contribution in [3.05, 3.63) is 64.7 Å². The average Bonchev–Trinajstić information content (AvgIpc) is 2.70. The van der Waals surface area contributed by atoms with Gasteiger partial charge in [-0.1, -0.05) is 29.8 Å². The SMILES string of the molecule is COc1ccc(CC(=O)N2CCN(C(=O)c3cc(C)ccc3C)CC2)cc1. The third-order valence-corrected chi connectivity index (χ3v) is 5.06. The average molecular weight is 366 g/mol. The monoisotopic (exact) mass is 366 g/mol. The summed E-state index contributed by atoms with van der Waals surface area (Å²) >= 11 is 0. The van der Waals surface area contributed by atoms with Gasteiger partial charge in [0.2, 0.25) is 5.91 Å². The largest absolute Gasteiger partial charge is 0.497 e. The van der Waals surface area contributed by atoms with Crippen LogP contribution in [0.4, 0.5) is 0 Å². The Morgan fingerprint density at radius 3 is 2.19 bits per heavy atom. The highest BCUT2D eigenvalue weighted by Crippen LogP contribution is 2.16. The molecule has 5 heteroatoms. The first-order chi connectivity index (χ1) is 13.0. The molecular weight excluding hydrogens is 340 g/mol. The summed E-state index contributed by atoms with van der Waals surface area (Å²) in [6, 6.07) is 13.5. The van der Waals surface area contributed by atoms with Crippen molar-refractivity contribution in [3.8, 4) is 5.75 Å². The molecule has 2 aromatic carbocycles.